The normalized spacial score (nSPS) is 26.9. The van der Waals surface area contributed by atoms with Gasteiger partial charge in [0.1, 0.15) is 0 Å². The smallest absolute Gasteiger partial charge is 0.335 e. The van der Waals surface area contributed by atoms with Crippen LogP contribution < -0.4 is 4.74 Å². The Balaban J connectivity index is 2.14. The summed E-state index contributed by atoms with van der Waals surface area (Å²) in [6, 6.07) is 12.0. The lowest BCUT2D eigenvalue weighted by atomic mass is 9.74. The van der Waals surface area contributed by atoms with E-state index in [1.54, 1.807) is 6.92 Å². The van der Waals surface area contributed by atoms with Crippen LogP contribution in [0.15, 0.2) is 42.5 Å². The summed E-state index contributed by atoms with van der Waals surface area (Å²) < 4.78 is 44.7. The number of rotatable bonds is 5. The van der Waals surface area contributed by atoms with Crippen LogP contribution in [0, 0.1) is 17.6 Å². The van der Waals surface area contributed by atoms with Gasteiger partial charge in [-0.2, -0.15) is 4.39 Å². The van der Waals surface area contributed by atoms with Crippen molar-refractivity contribution in [3.63, 3.8) is 0 Å². The first-order valence-electron chi connectivity index (χ1n) is 9.27. The maximum absolute atomic E-state index is 14.4. The van der Waals surface area contributed by atoms with Crippen molar-refractivity contribution in [1.82, 2.24) is 0 Å². The van der Waals surface area contributed by atoms with Crippen LogP contribution in [0.25, 0.3) is 0 Å². The number of esters is 1. The average molecular weight is 390 g/mol. The molecule has 0 saturated carbocycles. The van der Waals surface area contributed by atoms with Crippen LogP contribution >= 0.6 is 0 Å². The zero-order valence-electron chi connectivity index (χ0n) is 16.4. The van der Waals surface area contributed by atoms with Crippen molar-refractivity contribution >= 4 is 5.97 Å². The topological polar surface area (TPSA) is 44.8 Å². The minimum absolute atomic E-state index is 0.191. The number of carbonyl (C=O) groups excluding carboxylic acids is 1. The standard InChI is InChI=1S/C22H24F2O4/c1-5-27-21(25)20-17(15-11-12-16(23)18(24)19(15)26-4)13(2)22(3,28-20)14-9-7-6-8-10-14/h6-13,17,20H,5H2,1-4H3. The van der Waals surface area contributed by atoms with E-state index < -0.39 is 35.2 Å². The molecular formula is C22H24F2O4. The molecule has 0 amide bonds. The molecule has 1 heterocycles. The van der Waals surface area contributed by atoms with Crippen LogP contribution in [0.4, 0.5) is 8.78 Å². The van der Waals surface area contributed by atoms with Gasteiger partial charge in [0.25, 0.3) is 0 Å². The van der Waals surface area contributed by atoms with E-state index in [-0.39, 0.29) is 18.3 Å². The van der Waals surface area contributed by atoms with Crippen molar-refractivity contribution in [1.29, 1.82) is 0 Å². The summed E-state index contributed by atoms with van der Waals surface area (Å²) in [6.07, 6.45) is -0.973. The molecule has 4 nitrogen and oxygen atoms in total. The van der Waals surface area contributed by atoms with Gasteiger partial charge in [0, 0.05) is 11.5 Å². The van der Waals surface area contributed by atoms with E-state index in [0.29, 0.717) is 5.56 Å². The van der Waals surface area contributed by atoms with Crippen molar-refractivity contribution in [2.75, 3.05) is 13.7 Å². The predicted octanol–water partition coefficient (Wildman–Crippen LogP) is 4.57. The molecular weight excluding hydrogens is 366 g/mol. The number of methoxy groups -OCH3 is 1. The Kier molecular flexibility index (Phi) is 5.70. The molecule has 2 aromatic rings. The SMILES string of the molecule is CCOC(=O)C1OC(C)(c2ccccc2)C(C)C1c1ccc(F)c(F)c1OC. The Hall–Kier alpha value is -2.47. The summed E-state index contributed by atoms with van der Waals surface area (Å²) >= 11 is 0. The first kappa shape index (κ1) is 20.3. The lowest BCUT2D eigenvalue weighted by molar-refractivity contribution is -0.161. The van der Waals surface area contributed by atoms with E-state index in [1.165, 1.54) is 13.2 Å². The van der Waals surface area contributed by atoms with Crippen molar-refractivity contribution < 1.29 is 27.8 Å². The third-order valence-electron chi connectivity index (χ3n) is 5.62. The number of ether oxygens (including phenoxy) is 3. The van der Waals surface area contributed by atoms with Crippen molar-refractivity contribution in [3.8, 4) is 5.75 Å². The van der Waals surface area contributed by atoms with Gasteiger partial charge in [0.05, 0.1) is 19.3 Å². The highest BCUT2D eigenvalue weighted by Gasteiger charge is 2.55. The molecule has 0 aliphatic carbocycles. The lowest BCUT2D eigenvalue weighted by Crippen LogP contribution is -2.30. The zero-order chi connectivity index (χ0) is 20.5. The number of hydrogen-bond acceptors (Lipinski definition) is 4. The summed E-state index contributed by atoms with van der Waals surface area (Å²) in [4.78, 5) is 12.7. The quantitative estimate of drug-likeness (QED) is 0.702. The molecule has 3 rings (SSSR count). The maximum Gasteiger partial charge on any atom is 0.335 e. The number of benzene rings is 2. The van der Waals surface area contributed by atoms with Gasteiger partial charge in [-0.05, 0) is 31.4 Å². The second-order valence-corrected chi connectivity index (χ2v) is 7.06. The molecule has 2 aromatic carbocycles. The van der Waals surface area contributed by atoms with Gasteiger partial charge in [-0.3, -0.25) is 0 Å². The highest BCUT2D eigenvalue weighted by atomic mass is 19.2. The molecule has 0 bridgehead atoms. The van der Waals surface area contributed by atoms with E-state index in [9.17, 15) is 13.6 Å². The summed E-state index contributed by atoms with van der Waals surface area (Å²) in [5.74, 6) is -3.66. The number of halogens is 2. The van der Waals surface area contributed by atoms with E-state index in [1.807, 2.05) is 44.2 Å². The molecule has 0 radical (unpaired) electrons. The van der Waals surface area contributed by atoms with Gasteiger partial charge in [0.2, 0.25) is 5.82 Å². The molecule has 4 atom stereocenters. The van der Waals surface area contributed by atoms with Crippen molar-refractivity contribution in [3.05, 3.63) is 65.2 Å². The van der Waals surface area contributed by atoms with Gasteiger partial charge >= 0.3 is 5.97 Å². The fraction of sp³-hybridized carbons (Fsp3) is 0.409. The maximum atomic E-state index is 14.4. The van der Waals surface area contributed by atoms with Crippen LogP contribution in [-0.4, -0.2) is 25.8 Å². The molecule has 4 unspecified atom stereocenters. The van der Waals surface area contributed by atoms with Gasteiger partial charge in [-0.15, -0.1) is 0 Å². The molecule has 0 spiro atoms. The van der Waals surface area contributed by atoms with Gasteiger partial charge < -0.3 is 14.2 Å². The second-order valence-electron chi connectivity index (χ2n) is 7.06. The molecule has 1 fully saturated rings. The van der Waals surface area contributed by atoms with Crippen LogP contribution in [0.1, 0.15) is 37.8 Å². The van der Waals surface area contributed by atoms with Crippen LogP contribution in [0.3, 0.4) is 0 Å². The molecule has 150 valence electrons. The van der Waals surface area contributed by atoms with E-state index >= 15 is 0 Å². The largest absolute Gasteiger partial charge is 0.493 e. The lowest BCUT2D eigenvalue weighted by Gasteiger charge is -2.30. The first-order chi connectivity index (χ1) is 13.3. The summed E-state index contributed by atoms with van der Waals surface area (Å²) in [5.41, 5.74) is 0.451. The number of carbonyl (C=O) groups is 1. The van der Waals surface area contributed by atoms with E-state index in [4.69, 9.17) is 14.2 Å². The highest BCUT2D eigenvalue weighted by Crippen LogP contribution is 2.53. The highest BCUT2D eigenvalue weighted by molar-refractivity contribution is 5.77. The molecule has 1 saturated heterocycles. The molecule has 0 N–H and O–H groups in total. The Morgan fingerprint density at radius 1 is 1.18 bits per heavy atom. The third kappa shape index (κ3) is 3.26. The van der Waals surface area contributed by atoms with Crippen molar-refractivity contribution in [2.45, 2.75) is 38.4 Å². The monoisotopic (exact) mass is 390 g/mol. The Morgan fingerprint density at radius 3 is 2.46 bits per heavy atom. The van der Waals surface area contributed by atoms with Crippen LogP contribution in [0.2, 0.25) is 0 Å². The third-order valence-corrected chi connectivity index (χ3v) is 5.62. The zero-order valence-corrected chi connectivity index (χ0v) is 16.4. The van der Waals surface area contributed by atoms with E-state index in [0.717, 1.165) is 11.6 Å². The summed E-state index contributed by atoms with van der Waals surface area (Å²) in [5, 5.41) is 0. The van der Waals surface area contributed by atoms with Gasteiger partial charge in [-0.1, -0.05) is 43.3 Å². The van der Waals surface area contributed by atoms with Gasteiger partial charge in [0.15, 0.2) is 17.7 Å². The predicted molar refractivity (Wildman–Crippen MR) is 100 cm³/mol. The first-order valence-corrected chi connectivity index (χ1v) is 9.27. The van der Waals surface area contributed by atoms with Gasteiger partial charge in [-0.25, -0.2) is 9.18 Å². The fourth-order valence-electron chi connectivity index (χ4n) is 4.02. The minimum Gasteiger partial charge on any atom is -0.493 e. The molecule has 1 aliphatic rings. The molecule has 1 aliphatic heterocycles. The molecule has 6 heteroatoms. The average Bonchev–Trinajstić information content (AvgIpc) is 2.97. The van der Waals surface area contributed by atoms with Crippen molar-refractivity contribution in [2.24, 2.45) is 5.92 Å². The molecule has 28 heavy (non-hydrogen) atoms. The van der Waals surface area contributed by atoms with Crippen LogP contribution in [0.5, 0.6) is 5.75 Å². The number of hydrogen-bond donors (Lipinski definition) is 0. The van der Waals surface area contributed by atoms with E-state index in [2.05, 4.69) is 0 Å². The summed E-state index contributed by atoms with van der Waals surface area (Å²) in [7, 11) is 1.28. The summed E-state index contributed by atoms with van der Waals surface area (Å²) in [6.45, 7) is 5.72. The molecule has 0 aromatic heterocycles. The Labute approximate surface area is 163 Å². The fourth-order valence-corrected chi connectivity index (χ4v) is 4.02. The Bertz CT molecular complexity index is 855. The second kappa shape index (κ2) is 7.87. The Morgan fingerprint density at radius 2 is 1.86 bits per heavy atom. The van der Waals surface area contributed by atoms with Crippen LogP contribution in [-0.2, 0) is 19.9 Å². The minimum atomic E-state index is -1.08.